The summed E-state index contributed by atoms with van der Waals surface area (Å²) >= 11 is 1.04. The quantitative estimate of drug-likeness (QED) is 0.301. The maximum atomic E-state index is 16.1. The van der Waals surface area contributed by atoms with Crippen molar-refractivity contribution in [1.82, 2.24) is 9.97 Å². The monoisotopic (exact) mass is 567 g/mol. The van der Waals surface area contributed by atoms with Crippen molar-refractivity contribution in [2.45, 2.75) is 78.4 Å². The van der Waals surface area contributed by atoms with Crippen LogP contribution in [0, 0.1) is 28.9 Å². The van der Waals surface area contributed by atoms with Crippen molar-refractivity contribution in [3.63, 3.8) is 0 Å². The van der Waals surface area contributed by atoms with E-state index >= 15 is 8.78 Å². The first-order valence-electron chi connectivity index (χ1n) is 13.9. The van der Waals surface area contributed by atoms with Crippen LogP contribution in [-0.4, -0.2) is 23.1 Å². The van der Waals surface area contributed by atoms with Gasteiger partial charge in [-0.3, -0.25) is 0 Å². The van der Waals surface area contributed by atoms with E-state index in [1.54, 1.807) is 6.20 Å². The van der Waals surface area contributed by atoms with Crippen molar-refractivity contribution >= 4 is 28.6 Å². The second-order valence-electron chi connectivity index (χ2n) is 9.92. The number of nitrogens with two attached hydrogens (primary N) is 1. The SMILES string of the molecule is C=C(N)Sc1ccc(F)c(-c2c3c(c4cnc(N5CCCC5)nc4c2F)COC3)c1C#N.CC.CCCC(C)C. The average molecular weight is 568 g/mol. The Hall–Kier alpha value is -3.22. The number of hydrogen-bond acceptors (Lipinski definition) is 7. The number of nitriles is 1. The Balaban J connectivity index is 0.000000491. The zero-order chi connectivity index (χ0) is 29.4. The largest absolute Gasteiger partial charge is 0.394 e. The molecule has 0 atom stereocenters. The zero-order valence-electron chi connectivity index (χ0n) is 24.1. The van der Waals surface area contributed by atoms with E-state index in [1.807, 2.05) is 24.8 Å². The highest BCUT2D eigenvalue weighted by atomic mass is 32.2. The number of rotatable bonds is 6. The summed E-state index contributed by atoms with van der Waals surface area (Å²) in [5.41, 5.74) is 6.93. The van der Waals surface area contributed by atoms with E-state index in [0.29, 0.717) is 27.4 Å². The molecule has 0 bridgehead atoms. The third-order valence-electron chi connectivity index (χ3n) is 6.66. The van der Waals surface area contributed by atoms with E-state index in [2.05, 4.69) is 37.3 Å². The summed E-state index contributed by atoms with van der Waals surface area (Å²) in [4.78, 5) is 11.4. The topological polar surface area (TPSA) is 88.1 Å². The third kappa shape index (κ3) is 6.73. The van der Waals surface area contributed by atoms with Gasteiger partial charge in [0.15, 0.2) is 5.82 Å². The summed E-state index contributed by atoms with van der Waals surface area (Å²) in [7, 11) is 0. The number of halogens is 2. The molecule has 2 N–H and O–H groups in total. The normalized spacial score (nSPS) is 13.8. The number of benzene rings is 2. The molecule has 0 saturated carbocycles. The first-order valence-corrected chi connectivity index (χ1v) is 14.8. The summed E-state index contributed by atoms with van der Waals surface area (Å²) in [6, 6.07) is 4.68. The fraction of sp³-hybridized carbons (Fsp3) is 0.452. The van der Waals surface area contributed by atoms with Crippen LogP contribution in [0.3, 0.4) is 0 Å². The molecule has 0 spiro atoms. The maximum Gasteiger partial charge on any atom is 0.225 e. The van der Waals surface area contributed by atoms with Gasteiger partial charge < -0.3 is 15.4 Å². The number of anilines is 1. The van der Waals surface area contributed by atoms with Crippen molar-refractivity contribution < 1.29 is 13.5 Å². The van der Waals surface area contributed by atoms with Gasteiger partial charge >= 0.3 is 0 Å². The molecule has 1 aromatic heterocycles. The third-order valence-corrected chi connectivity index (χ3v) is 7.48. The summed E-state index contributed by atoms with van der Waals surface area (Å²) in [5.74, 6) is -0.0376. The minimum absolute atomic E-state index is 0.00257. The lowest BCUT2D eigenvalue weighted by Crippen LogP contribution is -2.20. The molecule has 0 amide bonds. The molecule has 3 aromatic rings. The molecule has 40 heavy (non-hydrogen) atoms. The molecule has 214 valence electrons. The van der Waals surface area contributed by atoms with Crippen molar-refractivity contribution in [3.8, 4) is 17.2 Å². The highest BCUT2D eigenvalue weighted by molar-refractivity contribution is 8.03. The highest BCUT2D eigenvalue weighted by Gasteiger charge is 2.30. The van der Waals surface area contributed by atoms with Gasteiger partial charge in [-0.2, -0.15) is 5.26 Å². The predicted octanol–water partition coefficient (Wildman–Crippen LogP) is 8.07. The second kappa shape index (κ2) is 14.4. The summed E-state index contributed by atoms with van der Waals surface area (Å²) in [6.07, 6.45) is 6.38. The molecule has 9 heteroatoms. The van der Waals surface area contributed by atoms with Gasteiger partial charge in [0, 0.05) is 40.7 Å². The van der Waals surface area contributed by atoms with E-state index in [1.165, 1.54) is 25.0 Å². The van der Waals surface area contributed by atoms with Crippen LogP contribution in [-0.2, 0) is 18.0 Å². The Morgan fingerprint density at radius 3 is 2.42 bits per heavy atom. The minimum atomic E-state index is -0.699. The fourth-order valence-electron chi connectivity index (χ4n) is 4.95. The Kier molecular flexibility index (Phi) is 11.3. The number of nitrogens with zero attached hydrogens (tertiary/aromatic N) is 4. The number of ether oxygens (including phenoxy) is 1. The molecule has 0 aliphatic carbocycles. The van der Waals surface area contributed by atoms with Crippen LogP contribution >= 0.6 is 11.8 Å². The van der Waals surface area contributed by atoms with E-state index < -0.39 is 11.6 Å². The zero-order valence-corrected chi connectivity index (χ0v) is 24.9. The molecule has 0 unspecified atom stereocenters. The molecular formula is C31H39F2N5OS. The molecule has 0 radical (unpaired) electrons. The van der Waals surface area contributed by atoms with Gasteiger partial charge in [-0.25, -0.2) is 18.7 Å². The summed E-state index contributed by atoms with van der Waals surface area (Å²) < 4.78 is 36.8. The molecule has 3 heterocycles. The highest BCUT2D eigenvalue weighted by Crippen LogP contribution is 2.43. The van der Waals surface area contributed by atoms with Crippen molar-refractivity contribution in [1.29, 1.82) is 5.26 Å². The van der Waals surface area contributed by atoms with Crippen LogP contribution in [0.2, 0.25) is 0 Å². The molecule has 2 aliphatic rings. The Morgan fingerprint density at radius 1 is 1.18 bits per heavy atom. The molecule has 6 nitrogen and oxygen atoms in total. The van der Waals surface area contributed by atoms with Crippen molar-refractivity contribution in [2.75, 3.05) is 18.0 Å². The van der Waals surface area contributed by atoms with Crippen molar-refractivity contribution in [2.24, 2.45) is 11.7 Å². The summed E-state index contributed by atoms with van der Waals surface area (Å²) in [6.45, 7) is 16.3. The number of hydrogen-bond donors (Lipinski definition) is 1. The lowest BCUT2D eigenvalue weighted by Gasteiger charge is -2.18. The molecule has 5 rings (SSSR count). The van der Waals surface area contributed by atoms with Crippen LogP contribution in [0.4, 0.5) is 14.7 Å². The van der Waals surface area contributed by atoms with Gasteiger partial charge in [0.1, 0.15) is 17.4 Å². The molecule has 1 fully saturated rings. The lowest BCUT2D eigenvalue weighted by molar-refractivity contribution is 0.135. The van der Waals surface area contributed by atoms with Gasteiger partial charge in [0.25, 0.3) is 0 Å². The Morgan fingerprint density at radius 2 is 1.85 bits per heavy atom. The van der Waals surface area contributed by atoms with Gasteiger partial charge in [0.2, 0.25) is 5.95 Å². The molecular weight excluding hydrogens is 528 g/mol. The number of aromatic nitrogens is 2. The van der Waals surface area contributed by atoms with Crippen LogP contribution in [0.1, 0.15) is 77.0 Å². The van der Waals surface area contributed by atoms with Gasteiger partial charge in [-0.05, 0) is 42.0 Å². The van der Waals surface area contributed by atoms with E-state index in [-0.39, 0.29) is 40.4 Å². The lowest BCUT2D eigenvalue weighted by atomic mass is 9.90. The average Bonchev–Trinajstić information content (AvgIpc) is 3.64. The maximum absolute atomic E-state index is 16.1. The van der Waals surface area contributed by atoms with Crippen LogP contribution in [0.15, 0.2) is 34.8 Å². The van der Waals surface area contributed by atoms with Crippen LogP contribution in [0.25, 0.3) is 22.0 Å². The first-order chi connectivity index (χ1) is 19.3. The minimum Gasteiger partial charge on any atom is -0.394 e. The first kappa shape index (κ1) is 31.3. The smallest absolute Gasteiger partial charge is 0.225 e. The predicted molar refractivity (Wildman–Crippen MR) is 160 cm³/mol. The standard InChI is InChI=1S/C23H19F2N5OS.C6H14.C2H6/c1-12(27)32-18-5-4-17(24)19(13(18)8-26)20-16-11-31-10-15(16)14-9-28-23(29-22(14)21(20)25)30-6-2-3-7-30;1-4-5-6(2)3;1-2/h4-5,9H,1-3,6-7,10-11,27H2;6H,4-5H2,1-3H3;1-2H3. The molecule has 2 aromatic carbocycles. The van der Waals surface area contributed by atoms with Crippen molar-refractivity contribution in [3.05, 3.63) is 58.3 Å². The van der Waals surface area contributed by atoms with Gasteiger partial charge in [-0.1, -0.05) is 65.8 Å². The van der Waals surface area contributed by atoms with Crippen LogP contribution in [0.5, 0.6) is 0 Å². The Bertz CT molecular complexity index is 1400. The van der Waals surface area contributed by atoms with E-state index in [9.17, 15) is 5.26 Å². The van der Waals surface area contributed by atoms with Crippen LogP contribution < -0.4 is 10.6 Å². The number of thioether (sulfide) groups is 1. The van der Waals surface area contributed by atoms with E-state index in [0.717, 1.165) is 43.6 Å². The molecule has 2 aliphatic heterocycles. The molecule has 1 saturated heterocycles. The van der Waals surface area contributed by atoms with Gasteiger partial charge in [0.05, 0.1) is 23.8 Å². The summed E-state index contributed by atoms with van der Waals surface area (Å²) in [5, 5.41) is 10.6. The van der Waals surface area contributed by atoms with E-state index in [4.69, 9.17) is 10.5 Å². The Labute approximate surface area is 240 Å². The second-order valence-corrected chi connectivity index (χ2v) is 11.1. The fourth-order valence-corrected chi connectivity index (χ4v) is 5.62. The van der Waals surface area contributed by atoms with Gasteiger partial charge in [-0.15, -0.1) is 0 Å². The number of fused-ring (bicyclic) bond motifs is 3.